The zero-order chi connectivity index (χ0) is 21.9. The fraction of sp³-hybridized carbons (Fsp3) is 0.217. The molecule has 0 radical (unpaired) electrons. The Labute approximate surface area is 185 Å². The van der Waals surface area contributed by atoms with Gasteiger partial charge in [-0.1, -0.05) is 56.6 Å². The largest absolute Gasteiger partial charge is 0.465 e. The summed E-state index contributed by atoms with van der Waals surface area (Å²) in [7, 11) is 1.31. The highest BCUT2D eigenvalue weighted by Crippen LogP contribution is 2.36. The van der Waals surface area contributed by atoms with Gasteiger partial charge in [0.2, 0.25) is 0 Å². The summed E-state index contributed by atoms with van der Waals surface area (Å²) in [6, 6.07) is 16.3. The summed E-state index contributed by atoms with van der Waals surface area (Å²) >= 11 is 7.20. The third-order valence-electron chi connectivity index (χ3n) is 4.49. The average molecular weight is 443 g/mol. The molecule has 0 aliphatic carbocycles. The molecule has 156 valence electrons. The number of hydrogen-bond donors (Lipinski definition) is 2. The molecular weight excluding hydrogens is 420 g/mol. The zero-order valence-electron chi connectivity index (χ0n) is 17.2. The average Bonchev–Trinajstić information content (AvgIpc) is 3.11. The first-order chi connectivity index (χ1) is 14.2. The van der Waals surface area contributed by atoms with Crippen LogP contribution in [0.5, 0.6) is 0 Å². The molecule has 0 atom stereocenters. The number of ether oxygens (including phenoxy) is 1. The Morgan fingerprint density at radius 1 is 0.967 bits per heavy atom. The van der Waals surface area contributed by atoms with E-state index in [9.17, 15) is 9.59 Å². The molecule has 2 aromatic carbocycles. The molecule has 2 N–H and O–H groups in total. The Morgan fingerprint density at radius 2 is 1.60 bits per heavy atom. The Balaban J connectivity index is 1.79. The maximum atomic E-state index is 12.5. The van der Waals surface area contributed by atoms with Gasteiger partial charge in [0.25, 0.3) is 0 Å². The van der Waals surface area contributed by atoms with E-state index in [1.807, 2.05) is 36.4 Å². The highest BCUT2D eigenvalue weighted by Gasteiger charge is 2.20. The third-order valence-corrected chi connectivity index (χ3v) is 5.90. The first-order valence-electron chi connectivity index (χ1n) is 9.34. The highest BCUT2D eigenvalue weighted by atomic mass is 35.5. The molecule has 3 rings (SSSR count). The SMILES string of the molecule is COC(=O)c1sc(-c2ccc(Cl)cc2)cc1NC(=O)Nc1ccc(C(C)(C)C)cc1. The van der Waals surface area contributed by atoms with Crippen molar-refractivity contribution in [1.82, 2.24) is 0 Å². The second kappa shape index (κ2) is 8.90. The van der Waals surface area contributed by atoms with Gasteiger partial charge < -0.3 is 15.4 Å². The minimum absolute atomic E-state index is 0.0327. The Morgan fingerprint density at radius 3 is 2.17 bits per heavy atom. The number of carbonyl (C=O) groups is 2. The van der Waals surface area contributed by atoms with Crippen LogP contribution in [0.3, 0.4) is 0 Å². The number of rotatable bonds is 4. The van der Waals surface area contributed by atoms with E-state index in [2.05, 4.69) is 31.4 Å². The van der Waals surface area contributed by atoms with Crippen LogP contribution in [0, 0.1) is 0 Å². The minimum Gasteiger partial charge on any atom is -0.465 e. The van der Waals surface area contributed by atoms with Crippen LogP contribution in [-0.2, 0) is 10.2 Å². The molecule has 2 amide bonds. The molecule has 1 aromatic heterocycles. The number of halogens is 1. The molecule has 30 heavy (non-hydrogen) atoms. The van der Waals surface area contributed by atoms with Gasteiger partial charge in [-0.25, -0.2) is 9.59 Å². The molecule has 3 aromatic rings. The Bertz CT molecular complexity index is 1050. The number of benzene rings is 2. The van der Waals surface area contributed by atoms with Crippen molar-refractivity contribution in [2.75, 3.05) is 17.7 Å². The monoisotopic (exact) mass is 442 g/mol. The van der Waals surface area contributed by atoms with Crippen LogP contribution in [0.1, 0.15) is 36.0 Å². The molecule has 0 aliphatic rings. The fourth-order valence-corrected chi connectivity index (χ4v) is 3.99. The molecule has 1 heterocycles. The Hall–Kier alpha value is -2.83. The maximum absolute atomic E-state index is 12.5. The van der Waals surface area contributed by atoms with E-state index in [-0.39, 0.29) is 5.41 Å². The standard InChI is InChI=1S/C23H23ClN2O3S/c1-23(2,3)15-7-11-17(12-8-15)25-22(28)26-18-13-19(30-20(18)21(27)29-4)14-5-9-16(24)10-6-14/h5-13H,1-4H3,(H2,25,26,28). The predicted octanol–water partition coefficient (Wildman–Crippen LogP) is 6.80. The van der Waals surface area contributed by atoms with E-state index in [0.29, 0.717) is 21.3 Å². The molecule has 0 aliphatic heterocycles. The summed E-state index contributed by atoms with van der Waals surface area (Å²) in [6.45, 7) is 6.39. The van der Waals surface area contributed by atoms with Crippen molar-refractivity contribution in [2.24, 2.45) is 0 Å². The normalized spacial score (nSPS) is 11.1. The lowest BCUT2D eigenvalue weighted by molar-refractivity contribution is 0.0607. The minimum atomic E-state index is -0.509. The number of anilines is 2. The number of methoxy groups -OCH3 is 1. The van der Waals surface area contributed by atoms with Crippen molar-refractivity contribution < 1.29 is 14.3 Å². The molecule has 0 unspecified atom stereocenters. The van der Waals surface area contributed by atoms with Crippen molar-refractivity contribution in [3.63, 3.8) is 0 Å². The van der Waals surface area contributed by atoms with Crippen LogP contribution in [-0.4, -0.2) is 19.1 Å². The molecule has 0 saturated heterocycles. The van der Waals surface area contributed by atoms with Crippen LogP contribution in [0.2, 0.25) is 5.02 Å². The Kier molecular flexibility index (Phi) is 6.48. The van der Waals surface area contributed by atoms with Crippen LogP contribution in [0.25, 0.3) is 10.4 Å². The lowest BCUT2D eigenvalue weighted by Crippen LogP contribution is -2.20. The van der Waals surface area contributed by atoms with Crippen LogP contribution >= 0.6 is 22.9 Å². The molecule has 5 nitrogen and oxygen atoms in total. The van der Waals surface area contributed by atoms with Crippen molar-refractivity contribution in [3.8, 4) is 10.4 Å². The van der Waals surface area contributed by atoms with Gasteiger partial charge in [-0.05, 0) is 46.9 Å². The molecule has 0 bridgehead atoms. The lowest BCUT2D eigenvalue weighted by atomic mass is 9.87. The first-order valence-corrected chi connectivity index (χ1v) is 10.5. The van der Waals surface area contributed by atoms with Gasteiger partial charge in [-0.2, -0.15) is 0 Å². The maximum Gasteiger partial charge on any atom is 0.350 e. The molecule has 0 spiro atoms. The van der Waals surface area contributed by atoms with Crippen molar-refractivity contribution >= 4 is 46.3 Å². The topological polar surface area (TPSA) is 67.4 Å². The third kappa shape index (κ3) is 5.20. The quantitative estimate of drug-likeness (QED) is 0.437. The molecule has 0 fully saturated rings. The zero-order valence-corrected chi connectivity index (χ0v) is 18.8. The highest BCUT2D eigenvalue weighted by molar-refractivity contribution is 7.18. The van der Waals surface area contributed by atoms with Crippen molar-refractivity contribution in [1.29, 1.82) is 0 Å². The van der Waals surface area contributed by atoms with Gasteiger partial charge >= 0.3 is 12.0 Å². The summed E-state index contributed by atoms with van der Waals surface area (Å²) in [6.07, 6.45) is 0. The van der Waals surface area contributed by atoms with Crippen molar-refractivity contribution in [3.05, 3.63) is 70.1 Å². The van der Waals surface area contributed by atoms with E-state index >= 15 is 0 Å². The predicted molar refractivity (Wildman–Crippen MR) is 124 cm³/mol. The smallest absolute Gasteiger partial charge is 0.350 e. The first kappa shape index (κ1) is 21.9. The number of esters is 1. The summed E-state index contributed by atoms with van der Waals surface area (Å²) in [5, 5.41) is 6.17. The van der Waals surface area contributed by atoms with E-state index in [4.69, 9.17) is 16.3 Å². The second-order valence-corrected chi connectivity index (χ2v) is 9.25. The van der Waals surface area contributed by atoms with Crippen molar-refractivity contribution in [2.45, 2.75) is 26.2 Å². The second-order valence-electron chi connectivity index (χ2n) is 7.76. The summed E-state index contributed by atoms with van der Waals surface area (Å²) < 4.78 is 4.87. The summed E-state index contributed by atoms with van der Waals surface area (Å²) in [5.74, 6) is -0.509. The molecule has 0 saturated carbocycles. The number of amides is 2. The summed E-state index contributed by atoms with van der Waals surface area (Å²) in [4.78, 5) is 25.9. The number of urea groups is 1. The van der Waals surface area contributed by atoms with Crippen LogP contribution in [0.15, 0.2) is 54.6 Å². The van der Waals surface area contributed by atoms with Gasteiger partial charge in [0.05, 0.1) is 12.8 Å². The number of carbonyl (C=O) groups excluding carboxylic acids is 2. The van der Waals surface area contributed by atoms with E-state index in [0.717, 1.165) is 10.4 Å². The number of thiophene rings is 1. The number of nitrogens with one attached hydrogen (secondary N) is 2. The molecular formula is C23H23ClN2O3S. The van der Waals surface area contributed by atoms with Crippen LogP contribution < -0.4 is 10.6 Å². The number of hydrogen-bond acceptors (Lipinski definition) is 4. The van der Waals surface area contributed by atoms with Gasteiger partial charge in [0, 0.05) is 15.6 Å². The van der Waals surface area contributed by atoms with Gasteiger partial charge in [0.1, 0.15) is 4.88 Å². The van der Waals surface area contributed by atoms with E-state index in [1.165, 1.54) is 24.0 Å². The fourth-order valence-electron chi connectivity index (χ4n) is 2.82. The van der Waals surface area contributed by atoms with Gasteiger partial charge in [-0.15, -0.1) is 11.3 Å². The van der Waals surface area contributed by atoms with Gasteiger partial charge in [-0.3, -0.25) is 0 Å². The van der Waals surface area contributed by atoms with E-state index in [1.54, 1.807) is 18.2 Å². The van der Waals surface area contributed by atoms with Gasteiger partial charge in [0.15, 0.2) is 0 Å². The van der Waals surface area contributed by atoms with Crippen LogP contribution in [0.4, 0.5) is 16.2 Å². The lowest BCUT2D eigenvalue weighted by Gasteiger charge is -2.19. The summed E-state index contributed by atoms with van der Waals surface area (Å²) in [5.41, 5.74) is 3.15. The molecule has 7 heteroatoms. The van der Waals surface area contributed by atoms with E-state index < -0.39 is 12.0 Å².